The smallest absolute Gasteiger partial charge is 0.146 e. The van der Waals surface area contributed by atoms with Gasteiger partial charge in [-0.25, -0.2) is 4.39 Å². The maximum Gasteiger partial charge on any atom is 0.146 e. The second-order valence-electron chi connectivity index (χ2n) is 4.53. The molecule has 1 heterocycles. The molecule has 18 heavy (non-hydrogen) atoms. The molecule has 1 aromatic carbocycles. The third-order valence-electron chi connectivity index (χ3n) is 2.97. The van der Waals surface area contributed by atoms with Crippen LogP contribution in [0.1, 0.15) is 24.6 Å². The van der Waals surface area contributed by atoms with Crippen molar-refractivity contribution in [1.82, 2.24) is 4.57 Å². The molecule has 3 heteroatoms. The van der Waals surface area contributed by atoms with E-state index in [-0.39, 0.29) is 5.82 Å². The summed E-state index contributed by atoms with van der Waals surface area (Å²) < 4.78 is 15.9. The van der Waals surface area contributed by atoms with Crippen molar-refractivity contribution in [3.8, 4) is 0 Å². The number of halogens is 1. The molecular formula is C15H19FN2. The van der Waals surface area contributed by atoms with Crippen molar-refractivity contribution in [2.75, 3.05) is 5.32 Å². The van der Waals surface area contributed by atoms with Crippen LogP contribution < -0.4 is 5.32 Å². The molecular weight excluding hydrogens is 227 g/mol. The Hall–Kier alpha value is -1.77. The predicted molar refractivity (Wildman–Crippen MR) is 73.2 cm³/mol. The summed E-state index contributed by atoms with van der Waals surface area (Å²) in [6, 6.07) is 9.34. The molecule has 2 nitrogen and oxygen atoms in total. The van der Waals surface area contributed by atoms with Crippen LogP contribution in [0.25, 0.3) is 0 Å². The van der Waals surface area contributed by atoms with Gasteiger partial charge in [-0.15, -0.1) is 0 Å². The highest BCUT2D eigenvalue weighted by atomic mass is 19.1. The lowest BCUT2D eigenvalue weighted by atomic mass is 10.2. The number of aromatic nitrogens is 1. The third kappa shape index (κ3) is 2.92. The van der Waals surface area contributed by atoms with Crippen molar-refractivity contribution < 1.29 is 4.39 Å². The molecule has 0 aliphatic heterocycles. The minimum atomic E-state index is -0.191. The van der Waals surface area contributed by atoms with Crippen LogP contribution in [0.3, 0.4) is 0 Å². The van der Waals surface area contributed by atoms with Crippen LogP contribution in [0.15, 0.2) is 36.5 Å². The first-order valence-electron chi connectivity index (χ1n) is 6.34. The summed E-state index contributed by atoms with van der Waals surface area (Å²) >= 11 is 0. The number of hydrogen-bond acceptors (Lipinski definition) is 1. The first-order chi connectivity index (χ1) is 8.70. The van der Waals surface area contributed by atoms with Crippen molar-refractivity contribution in [2.24, 2.45) is 0 Å². The lowest BCUT2D eigenvalue weighted by Crippen LogP contribution is -2.07. The molecule has 1 aromatic heterocycles. The Labute approximate surface area is 107 Å². The fourth-order valence-corrected chi connectivity index (χ4v) is 2.02. The lowest BCUT2D eigenvalue weighted by Gasteiger charge is -2.11. The van der Waals surface area contributed by atoms with Gasteiger partial charge in [0.25, 0.3) is 0 Å². The summed E-state index contributed by atoms with van der Waals surface area (Å²) in [6.07, 6.45) is 3.16. The van der Waals surface area contributed by atoms with Gasteiger partial charge in [0.1, 0.15) is 5.82 Å². The van der Waals surface area contributed by atoms with E-state index in [0.717, 1.165) is 18.5 Å². The van der Waals surface area contributed by atoms with Crippen molar-refractivity contribution in [3.05, 3.63) is 53.6 Å². The number of benzene rings is 1. The Morgan fingerprint density at radius 2 is 2.11 bits per heavy atom. The van der Waals surface area contributed by atoms with Crippen LogP contribution in [0.2, 0.25) is 0 Å². The molecule has 0 aliphatic carbocycles. The first kappa shape index (κ1) is 12.7. The van der Waals surface area contributed by atoms with E-state index in [1.165, 1.54) is 5.69 Å². The molecule has 0 spiro atoms. The van der Waals surface area contributed by atoms with Gasteiger partial charge in [-0.1, -0.05) is 13.0 Å². The zero-order chi connectivity index (χ0) is 13.0. The van der Waals surface area contributed by atoms with Gasteiger partial charge >= 0.3 is 0 Å². The minimum absolute atomic E-state index is 0.191. The van der Waals surface area contributed by atoms with Crippen LogP contribution in [-0.2, 0) is 13.1 Å². The lowest BCUT2D eigenvalue weighted by molar-refractivity contribution is 0.626. The van der Waals surface area contributed by atoms with E-state index < -0.39 is 0 Å². The van der Waals surface area contributed by atoms with E-state index in [1.807, 2.05) is 19.1 Å². The third-order valence-corrected chi connectivity index (χ3v) is 2.97. The second-order valence-corrected chi connectivity index (χ2v) is 4.53. The number of nitrogens with one attached hydrogen (secondary N) is 1. The Bertz CT molecular complexity index is 517. The molecule has 0 fully saturated rings. The zero-order valence-corrected chi connectivity index (χ0v) is 10.9. The van der Waals surface area contributed by atoms with Gasteiger partial charge in [0, 0.05) is 18.4 Å². The Kier molecular flexibility index (Phi) is 4.03. The van der Waals surface area contributed by atoms with E-state index in [1.54, 1.807) is 12.1 Å². The maximum atomic E-state index is 13.7. The molecule has 0 atom stereocenters. The number of rotatable bonds is 5. The summed E-state index contributed by atoms with van der Waals surface area (Å²) in [5.41, 5.74) is 2.68. The van der Waals surface area contributed by atoms with E-state index in [9.17, 15) is 4.39 Å². The van der Waals surface area contributed by atoms with Crippen molar-refractivity contribution >= 4 is 5.69 Å². The Morgan fingerprint density at radius 1 is 1.28 bits per heavy atom. The standard InChI is InChI=1S/C15H19FN2/c1-3-8-18-9-4-5-13(18)11-17-15-7-6-12(2)10-14(15)16/h4-7,9-10,17H,3,8,11H2,1-2H3. The number of anilines is 1. The molecule has 0 saturated carbocycles. The summed E-state index contributed by atoms with van der Waals surface area (Å²) in [4.78, 5) is 0. The highest BCUT2D eigenvalue weighted by molar-refractivity contribution is 5.46. The van der Waals surface area contributed by atoms with E-state index in [4.69, 9.17) is 0 Å². The van der Waals surface area contributed by atoms with Gasteiger partial charge in [-0.2, -0.15) is 0 Å². The molecule has 0 bridgehead atoms. The number of hydrogen-bond donors (Lipinski definition) is 1. The topological polar surface area (TPSA) is 17.0 Å². The summed E-state index contributed by atoms with van der Waals surface area (Å²) in [5.74, 6) is -0.191. The molecule has 1 N–H and O–H groups in total. The maximum absolute atomic E-state index is 13.7. The van der Waals surface area contributed by atoms with Gasteiger partial charge in [0.15, 0.2) is 0 Å². The Morgan fingerprint density at radius 3 is 2.83 bits per heavy atom. The van der Waals surface area contributed by atoms with Gasteiger partial charge in [-0.3, -0.25) is 0 Å². The van der Waals surface area contributed by atoms with E-state index >= 15 is 0 Å². The van der Waals surface area contributed by atoms with Crippen LogP contribution in [0, 0.1) is 12.7 Å². The molecule has 0 radical (unpaired) electrons. The number of nitrogens with zero attached hydrogens (tertiary/aromatic N) is 1. The average Bonchev–Trinajstić information content (AvgIpc) is 2.76. The summed E-state index contributed by atoms with van der Waals surface area (Å²) in [5, 5.41) is 3.15. The molecule has 96 valence electrons. The van der Waals surface area contributed by atoms with Crippen LogP contribution in [0.4, 0.5) is 10.1 Å². The van der Waals surface area contributed by atoms with Crippen LogP contribution >= 0.6 is 0 Å². The highest BCUT2D eigenvalue weighted by Crippen LogP contribution is 2.16. The van der Waals surface area contributed by atoms with Gasteiger partial charge in [0.05, 0.1) is 12.2 Å². The summed E-state index contributed by atoms with van der Waals surface area (Å²) in [7, 11) is 0. The zero-order valence-electron chi connectivity index (χ0n) is 10.9. The highest BCUT2D eigenvalue weighted by Gasteiger charge is 2.04. The molecule has 0 saturated heterocycles. The van der Waals surface area contributed by atoms with Gasteiger partial charge < -0.3 is 9.88 Å². The van der Waals surface area contributed by atoms with Crippen LogP contribution in [-0.4, -0.2) is 4.57 Å². The first-order valence-corrected chi connectivity index (χ1v) is 6.34. The molecule has 2 rings (SSSR count). The SMILES string of the molecule is CCCn1cccc1CNc1ccc(C)cc1F. The van der Waals surface area contributed by atoms with Gasteiger partial charge in [-0.05, 0) is 43.2 Å². The largest absolute Gasteiger partial charge is 0.377 e. The molecule has 0 aliphatic rings. The van der Waals surface area contributed by atoms with Crippen molar-refractivity contribution in [3.63, 3.8) is 0 Å². The number of aryl methyl sites for hydroxylation is 2. The minimum Gasteiger partial charge on any atom is -0.377 e. The molecule has 2 aromatic rings. The normalized spacial score (nSPS) is 10.6. The predicted octanol–water partition coefficient (Wildman–Crippen LogP) is 3.96. The summed E-state index contributed by atoms with van der Waals surface area (Å²) in [6.45, 7) is 5.68. The molecule has 0 amide bonds. The van der Waals surface area contributed by atoms with Gasteiger partial charge in [0.2, 0.25) is 0 Å². The van der Waals surface area contributed by atoms with Crippen LogP contribution in [0.5, 0.6) is 0 Å². The second kappa shape index (κ2) is 5.71. The monoisotopic (exact) mass is 246 g/mol. The Balaban J connectivity index is 2.04. The quantitative estimate of drug-likeness (QED) is 0.845. The average molecular weight is 246 g/mol. The molecule has 0 unspecified atom stereocenters. The van der Waals surface area contributed by atoms with Crippen molar-refractivity contribution in [2.45, 2.75) is 33.4 Å². The van der Waals surface area contributed by atoms with E-state index in [2.05, 4.69) is 29.1 Å². The van der Waals surface area contributed by atoms with Crippen molar-refractivity contribution in [1.29, 1.82) is 0 Å². The van der Waals surface area contributed by atoms with E-state index in [0.29, 0.717) is 12.2 Å². The fraction of sp³-hybridized carbons (Fsp3) is 0.333. The fourth-order valence-electron chi connectivity index (χ4n) is 2.02.